The molecular formula is C55H56GeIrN4O-2. The van der Waals surface area contributed by atoms with Crippen LogP contribution in [0.2, 0.25) is 17.3 Å². The number of pyridine rings is 2. The van der Waals surface area contributed by atoms with Crippen LogP contribution in [0, 0.1) is 25.9 Å². The number of fused-ring (bicyclic) bond motifs is 4. The average Bonchev–Trinajstić information content (AvgIpc) is 3.83. The fourth-order valence-electron chi connectivity index (χ4n) is 8.11. The smallest absolute Gasteiger partial charge is 0 e. The van der Waals surface area contributed by atoms with Crippen molar-refractivity contribution in [1.29, 1.82) is 0 Å². The second-order valence-corrected chi connectivity index (χ2v) is 28.4. The number of aryl methyl sites for hydroxylation is 2. The quantitative estimate of drug-likeness (QED) is 0.112. The second kappa shape index (κ2) is 18.3. The van der Waals surface area contributed by atoms with Crippen LogP contribution < -0.4 is 4.40 Å². The van der Waals surface area contributed by atoms with Gasteiger partial charge in [-0.2, -0.15) is 0 Å². The Morgan fingerprint density at radius 1 is 0.742 bits per heavy atom. The van der Waals surface area contributed by atoms with E-state index < -0.39 is 26.0 Å². The maximum absolute atomic E-state index is 8.49. The Balaban J connectivity index is 0.000000223. The first kappa shape index (κ1) is 39.7. The fourth-order valence-corrected chi connectivity index (χ4v) is 11.4. The van der Waals surface area contributed by atoms with Crippen molar-refractivity contribution >= 4 is 50.8 Å². The van der Waals surface area contributed by atoms with E-state index in [0.29, 0.717) is 17.5 Å². The van der Waals surface area contributed by atoms with E-state index in [4.69, 9.17) is 14.9 Å². The predicted octanol–water partition coefficient (Wildman–Crippen LogP) is 14.5. The van der Waals surface area contributed by atoms with E-state index in [9.17, 15) is 0 Å². The molecular weight excluding hydrogens is 997 g/mol. The summed E-state index contributed by atoms with van der Waals surface area (Å²) >= 11 is -2.14. The van der Waals surface area contributed by atoms with Crippen molar-refractivity contribution in [3.63, 3.8) is 0 Å². The van der Waals surface area contributed by atoms with Crippen LogP contribution in [-0.2, 0) is 20.1 Å². The average molecular weight is 1060 g/mol. The number of rotatable bonds is 8. The van der Waals surface area contributed by atoms with Crippen LogP contribution in [0.3, 0.4) is 0 Å². The number of hydrogen-bond donors (Lipinski definition) is 0. The van der Waals surface area contributed by atoms with Gasteiger partial charge in [-0.3, -0.25) is 4.98 Å². The Bertz CT molecular complexity index is 3150. The standard InChI is InChI=1S/C37H32N3O.C18H24GeN.Ir/c1-22(2)30-20-26(25-12-7-6-8-13-25)21-31(23(3)4)34(30)40-33-17-10-9-16-32(33)39-36(40)29-15-11-14-27-28-19-18-24(5)38-37(28)41-35(27)29;1-13(2)16-11-18(15-9-7-14(3)8-10-15)20-12-17(16)19(4,5)6;/h6-14,16-23H,1-5H3;7-9,11-13H,1-6H3;/q2*-1;/i;3D3,13D;. The molecule has 0 aliphatic rings. The minimum atomic E-state index is -2.14. The van der Waals surface area contributed by atoms with Gasteiger partial charge in [0.05, 0.1) is 22.4 Å². The van der Waals surface area contributed by atoms with Gasteiger partial charge in [-0.1, -0.05) is 81.1 Å². The minimum absolute atomic E-state index is 0. The number of nitrogens with zero attached hydrogens (tertiary/aromatic N) is 4. The molecule has 4 heterocycles. The van der Waals surface area contributed by atoms with Crippen molar-refractivity contribution in [2.45, 2.75) is 90.3 Å². The number of hydrogen-bond acceptors (Lipinski definition) is 4. The molecule has 1 radical (unpaired) electrons. The molecule has 7 heteroatoms. The summed E-state index contributed by atoms with van der Waals surface area (Å²) in [6, 6.07) is 45.3. The normalized spacial score (nSPS) is 13.1. The van der Waals surface area contributed by atoms with Crippen LogP contribution >= 0.6 is 0 Å². The Kier molecular flexibility index (Phi) is 11.7. The summed E-state index contributed by atoms with van der Waals surface area (Å²) < 4.78 is 40.8. The zero-order chi connectivity index (χ0) is 46.6. The molecule has 9 rings (SSSR count). The zero-order valence-corrected chi connectivity index (χ0v) is 41.7. The third-order valence-corrected chi connectivity index (χ3v) is 15.5. The maximum Gasteiger partial charge on any atom is 0 e. The molecule has 0 aliphatic carbocycles. The Hall–Kier alpha value is -5.14. The van der Waals surface area contributed by atoms with E-state index in [-0.39, 0.29) is 25.7 Å². The summed E-state index contributed by atoms with van der Waals surface area (Å²) in [5, 5.41) is 2.02. The summed E-state index contributed by atoms with van der Waals surface area (Å²) in [5.41, 5.74) is 14.2. The summed E-state index contributed by atoms with van der Waals surface area (Å²) in [4.78, 5) is 14.5. The summed E-state index contributed by atoms with van der Waals surface area (Å²) in [7, 11) is 0. The molecule has 0 saturated heterocycles. The molecule has 0 spiro atoms. The molecule has 0 amide bonds. The van der Waals surface area contributed by atoms with Crippen LogP contribution in [0.5, 0.6) is 0 Å². The molecule has 5 nitrogen and oxygen atoms in total. The number of benzene rings is 5. The van der Waals surface area contributed by atoms with Crippen molar-refractivity contribution in [3.8, 4) is 39.5 Å². The van der Waals surface area contributed by atoms with Gasteiger partial charge in [0.25, 0.3) is 0 Å². The first-order chi connectivity index (χ1) is 30.7. The number of aromatic nitrogens is 4. The van der Waals surface area contributed by atoms with Crippen LogP contribution in [-0.4, -0.2) is 32.8 Å². The molecule has 317 valence electrons. The second-order valence-electron chi connectivity index (χ2n) is 17.8. The van der Waals surface area contributed by atoms with Gasteiger partial charge in [0.1, 0.15) is 0 Å². The van der Waals surface area contributed by atoms with Gasteiger partial charge in [0, 0.05) is 36.9 Å². The van der Waals surface area contributed by atoms with Crippen LogP contribution in [0.25, 0.3) is 72.6 Å². The molecule has 0 unspecified atom stereocenters. The van der Waals surface area contributed by atoms with Gasteiger partial charge < -0.3 is 8.98 Å². The monoisotopic (exact) mass is 1060 g/mol. The van der Waals surface area contributed by atoms with Gasteiger partial charge in [-0.05, 0) is 77.4 Å². The van der Waals surface area contributed by atoms with Gasteiger partial charge in [0.15, 0.2) is 0 Å². The minimum Gasteiger partial charge on any atom is 0 e. The van der Waals surface area contributed by atoms with Crippen molar-refractivity contribution in [1.82, 2.24) is 19.5 Å². The fraction of sp³-hybridized carbons (Fsp3) is 0.255. The molecule has 0 atom stereocenters. The predicted molar refractivity (Wildman–Crippen MR) is 259 cm³/mol. The van der Waals surface area contributed by atoms with Gasteiger partial charge in [-0.25, -0.2) is 4.98 Å². The largest absolute Gasteiger partial charge is 0 e. The summed E-state index contributed by atoms with van der Waals surface area (Å²) in [6.07, 6.45) is 1.91. The first-order valence-electron chi connectivity index (χ1n) is 23.2. The van der Waals surface area contributed by atoms with Crippen LogP contribution in [0.15, 0.2) is 126 Å². The van der Waals surface area contributed by atoms with Crippen molar-refractivity contribution in [2.75, 3.05) is 0 Å². The Labute approximate surface area is 389 Å². The number of imidazole rings is 1. The summed E-state index contributed by atoms with van der Waals surface area (Å²) in [5.74, 6) is 7.58. The van der Waals surface area contributed by atoms with E-state index >= 15 is 0 Å². The molecule has 9 aromatic rings. The van der Waals surface area contributed by atoms with Crippen molar-refractivity contribution in [3.05, 3.63) is 162 Å². The first-order valence-corrected chi connectivity index (χ1v) is 28.5. The number of furan rings is 1. The maximum atomic E-state index is 8.49. The summed E-state index contributed by atoms with van der Waals surface area (Å²) in [6.45, 7) is 12.7. The van der Waals surface area contributed by atoms with E-state index in [1.807, 2.05) is 51.2 Å². The van der Waals surface area contributed by atoms with Crippen molar-refractivity contribution in [2.24, 2.45) is 0 Å². The molecule has 0 bridgehead atoms. The Morgan fingerprint density at radius 3 is 2.10 bits per heavy atom. The molecule has 0 N–H and O–H groups in total. The van der Waals surface area contributed by atoms with Crippen molar-refractivity contribution < 1.29 is 30.0 Å². The topological polar surface area (TPSA) is 56.7 Å². The van der Waals surface area contributed by atoms with Gasteiger partial charge in [-0.15, -0.1) is 18.2 Å². The molecule has 0 aliphatic heterocycles. The van der Waals surface area contributed by atoms with Crippen LogP contribution in [0.1, 0.15) is 92.7 Å². The van der Waals surface area contributed by atoms with E-state index in [0.717, 1.165) is 61.3 Å². The molecule has 5 aromatic carbocycles. The molecule has 4 aromatic heterocycles. The third kappa shape index (κ3) is 8.88. The molecule has 0 saturated carbocycles. The van der Waals surface area contributed by atoms with Crippen LogP contribution in [0.4, 0.5) is 0 Å². The third-order valence-electron chi connectivity index (χ3n) is 11.3. The van der Waals surface area contributed by atoms with E-state index in [2.05, 4.69) is 144 Å². The number of para-hydroxylation sites is 2. The Morgan fingerprint density at radius 2 is 1.45 bits per heavy atom. The van der Waals surface area contributed by atoms with E-state index in [1.54, 1.807) is 12.1 Å². The molecule has 0 fully saturated rings. The van der Waals surface area contributed by atoms with Gasteiger partial charge in [0.2, 0.25) is 5.71 Å². The molecule has 62 heavy (non-hydrogen) atoms. The van der Waals surface area contributed by atoms with Gasteiger partial charge >= 0.3 is 131 Å². The zero-order valence-electron chi connectivity index (χ0n) is 41.2. The SMILES string of the molecule is Cc1ccc2c(n1)oc1c(-c3nc4ccccc4n3-c3c(C(C)C)cc(-c4ccccc4)cc3C(C)C)[c-]ccc12.[2H]C([2H])([2H])c1c[c-]c(-c2cc(C([2H])(C)C)[c]([Ge]([CH3])([CH3])[CH3])cn2)cc1.[Ir]. The van der Waals surface area contributed by atoms with E-state index in [1.165, 1.54) is 38.4 Å².